The zero-order valence-electron chi connectivity index (χ0n) is 13.8. The fourth-order valence-electron chi connectivity index (χ4n) is 3.43. The van der Waals surface area contributed by atoms with Crippen LogP contribution in [0.3, 0.4) is 0 Å². The van der Waals surface area contributed by atoms with E-state index in [9.17, 15) is 0 Å². The highest BCUT2D eigenvalue weighted by molar-refractivity contribution is 4.90. The summed E-state index contributed by atoms with van der Waals surface area (Å²) in [7, 11) is 0. The molecule has 0 aromatic carbocycles. The Bertz CT molecular complexity index is 231. The second-order valence-electron chi connectivity index (χ2n) is 7.08. The number of hydrogen-bond donors (Lipinski definition) is 1. The largest absolute Gasteiger partial charge is 0.329 e. The molecule has 1 saturated heterocycles. The molecular formula is C17H36N2. The molecule has 1 fully saturated rings. The van der Waals surface area contributed by atoms with Gasteiger partial charge in [-0.2, -0.15) is 0 Å². The van der Waals surface area contributed by atoms with Gasteiger partial charge in [0.05, 0.1) is 0 Å². The maximum absolute atomic E-state index is 6.11. The molecule has 2 nitrogen and oxygen atoms in total. The van der Waals surface area contributed by atoms with Crippen molar-refractivity contribution in [1.82, 2.24) is 4.90 Å². The molecule has 1 aliphatic heterocycles. The maximum atomic E-state index is 6.11. The quantitative estimate of drug-likeness (QED) is 0.673. The summed E-state index contributed by atoms with van der Waals surface area (Å²) in [5.74, 6) is 1.77. The van der Waals surface area contributed by atoms with Crippen LogP contribution in [0.25, 0.3) is 0 Å². The highest BCUT2D eigenvalue weighted by Gasteiger charge is 2.33. The zero-order valence-corrected chi connectivity index (χ0v) is 13.8. The third kappa shape index (κ3) is 5.07. The lowest BCUT2D eigenvalue weighted by molar-refractivity contribution is 0.0499. The minimum absolute atomic E-state index is 0.246. The summed E-state index contributed by atoms with van der Waals surface area (Å²) in [4.78, 5) is 2.68. The molecule has 1 atom stereocenters. The molecule has 2 heteroatoms. The molecule has 0 aliphatic carbocycles. The van der Waals surface area contributed by atoms with Crippen LogP contribution < -0.4 is 5.73 Å². The van der Waals surface area contributed by atoms with Gasteiger partial charge in [-0.05, 0) is 51.1 Å². The molecule has 19 heavy (non-hydrogen) atoms. The van der Waals surface area contributed by atoms with Crippen LogP contribution in [0, 0.1) is 11.8 Å². The third-order valence-electron chi connectivity index (χ3n) is 5.25. The molecule has 0 aromatic rings. The normalized spacial score (nSPS) is 21.8. The molecule has 1 heterocycles. The van der Waals surface area contributed by atoms with Gasteiger partial charge in [0.2, 0.25) is 0 Å². The van der Waals surface area contributed by atoms with E-state index in [1.165, 1.54) is 58.0 Å². The predicted molar refractivity (Wildman–Crippen MR) is 85.4 cm³/mol. The van der Waals surface area contributed by atoms with Gasteiger partial charge in [-0.1, -0.05) is 46.5 Å². The molecule has 0 aromatic heterocycles. The van der Waals surface area contributed by atoms with Crippen LogP contribution >= 0.6 is 0 Å². The summed E-state index contributed by atoms with van der Waals surface area (Å²) in [5, 5.41) is 0. The first kappa shape index (κ1) is 17.0. The van der Waals surface area contributed by atoms with Gasteiger partial charge >= 0.3 is 0 Å². The molecular weight excluding hydrogens is 232 g/mol. The van der Waals surface area contributed by atoms with Crippen molar-refractivity contribution in [1.29, 1.82) is 0 Å². The van der Waals surface area contributed by atoms with Crippen LogP contribution in [-0.4, -0.2) is 30.1 Å². The second-order valence-corrected chi connectivity index (χ2v) is 7.08. The second kappa shape index (κ2) is 8.26. The average molecular weight is 268 g/mol. The lowest BCUT2D eigenvalue weighted by Crippen LogP contribution is -2.54. The third-order valence-corrected chi connectivity index (χ3v) is 5.25. The first-order valence-corrected chi connectivity index (χ1v) is 8.48. The van der Waals surface area contributed by atoms with Crippen molar-refractivity contribution in [2.75, 3.05) is 19.6 Å². The van der Waals surface area contributed by atoms with E-state index in [0.717, 1.165) is 18.4 Å². The minimum atomic E-state index is 0.246. The standard InChI is InChI=1S/C17H36N2/c1-5-6-7-8-11-17(4,14-18)19-12-9-16(10-13-19)15(2)3/h15-16H,5-14,18H2,1-4H3. The summed E-state index contributed by atoms with van der Waals surface area (Å²) in [5.41, 5.74) is 6.35. The van der Waals surface area contributed by atoms with Crippen molar-refractivity contribution in [2.45, 2.75) is 78.2 Å². The van der Waals surface area contributed by atoms with Gasteiger partial charge < -0.3 is 5.73 Å². The van der Waals surface area contributed by atoms with Crippen molar-refractivity contribution < 1.29 is 0 Å². The maximum Gasteiger partial charge on any atom is 0.0303 e. The Balaban J connectivity index is 2.41. The van der Waals surface area contributed by atoms with E-state index < -0.39 is 0 Å². The van der Waals surface area contributed by atoms with Crippen molar-refractivity contribution in [3.05, 3.63) is 0 Å². The average Bonchev–Trinajstić information content (AvgIpc) is 2.43. The topological polar surface area (TPSA) is 29.3 Å². The molecule has 1 rings (SSSR count). The molecule has 0 amide bonds. The van der Waals surface area contributed by atoms with Crippen LogP contribution in [0.2, 0.25) is 0 Å². The van der Waals surface area contributed by atoms with E-state index in [0.29, 0.717) is 0 Å². The van der Waals surface area contributed by atoms with Gasteiger partial charge in [-0.25, -0.2) is 0 Å². The Morgan fingerprint density at radius 2 is 1.79 bits per heavy atom. The molecule has 1 aliphatic rings. The number of likely N-dealkylation sites (tertiary alicyclic amines) is 1. The molecule has 0 radical (unpaired) electrons. The van der Waals surface area contributed by atoms with E-state index in [1.54, 1.807) is 0 Å². The molecule has 2 N–H and O–H groups in total. The Kier molecular flexibility index (Phi) is 7.38. The fourth-order valence-corrected chi connectivity index (χ4v) is 3.43. The molecule has 114 valence electrons. The van der Waals surface area contributed by atoms with Crippen LogP contribution in [-0.2, 0) is 0 Å². The van der Waals surface area contributed by atoms with Crippen LogP contribution in [0.5, 0.6) is 0 Å². The lowest BCUT2D eigenvalue weighted by atomic mass is 9.83. The van der Waals surface area contributed by atoms with E-state index in [1.807, 2.05) is 0 Å². The number of nitrogens with two attached hydrogens (primary N) is 1. The van der Waals surface area contributed by atoms with E-state index in [-0.39, 0.29) is 5.54 Å². The SMILES string of the molecule is CCCCCCC(C)(CN)N1CCC(C(C)C)CC1. The van der Waals surface area contributed by atoms with Crippen LogP contribution in [0.4, 0.5) is 0 Å². The molecule has 1 unspecified atom stereocenters. The smallest absolute Gasteiger partial charge is 0.0303 e. The summed E-state index contributed by atoms with van der Waals surface area (Å²) >= 11 is 0. The van der Waals surface area contributed by atoms with Crippen molar-refractivity contribution >= 4 is 0 Å². The molecule has 0 spiro atoms. The van der Waals surface area contributed by atoms with Gasteiger partial charge in [-0.3, -0.25) is 4.90 Å². The number of nitrogens with zero attached hydrogens (tertiary/aromatic N) is 1. The Morgan fingerprint density at radius 1 is 1.16 bits per heavy atom. The zero-order chi connectivity index (χ0) is 14.3. The van der Waals surface area contributed by atoms with Crippen molar-refractivity contribution in [2.24, 2.45) is 17.6 Å². The van der Waals surface area contributed by atoms with Gasteiger partial charge in [0.25, 0.3) is 0 Å². The van der Waals surface area contributed by atoms with Gasteiger partial charge in [0.1, 0.15) is 0 Å². The Labute approximate surface area is 121 Å². The van der Waals surface area contributed by atoms with Gasteiger partial charge in [-0.15, -0.1) is 0 Å². The number of piperidine rings is 1. The number of unbranched alkanes of at least 4 members (excludes halogenated alkanes) is 3. The van der Waals surface area contributed by atoms with E-state index in [2.05, 4.69) is 32.6 Å². The summed E-state index contributed by atoms with van der Waals surface area (Å²) in [6.07, 6.45) is 9.40. The lowest BCUT2D eigenvalue weighted by Gasteiger charge is -2.45. The Hall–Kier alpha value is -0.0800. The first-order valence-electron chi connectivity index (χ1n) is 8.48. The summed E-state index contributed by atoms with van der Waals surface area (Å²) in [6.45, 7) is 12.7. The van der Waals surface area contributed by atoms with Gasteiger partial charge in [0.15, 0.2) is 0 Å². The van der Waals surface area contributed by atoms with Crippen LogP contribution in [0.15, 0.2) is 0 Å². The fraction of sp³-hybridized carbons (Fsp3) is 1.00. The summed E-state index contributed by atoms with van der Waals surface area (Å²) in [6, 6.07) is 0. The first-order chi connectivity index (χ1) is 9.03. The van der Waals surface area contributed by atoms with E-state index in [4.69, 9.17) is 5.73 Å². The number of hydrogen-bond acceptors (Lipinski definition) is 2. The van der Waals surface area contributed by atoms with Crippen molar-refractivity contribution in [3.8, 4) is 0 Å². The molecule has 0 bridgehead atoms. The summed E-state index contributed by atoms with van der Waals surface area (Å²) < 4.78 is 0. The number of rotatable bonds is 8. The van der Waals surface area contributed by atoms with Crippen LogP contribution in [0.1, 0.15) is 72.6 Å². The minimum Gasteiger partial charge on any atom is -0.329 e. The highest BCUT2D eigenvalue weighted by Crippen LogP contribution is 2.30. The van der Waals surface area contributed by atoms with Gasteiger partial charge in [0, 0.05) is 12.1 Å². The van der Waals surface area contributed by atoms with Crippen molar-refractivity contribution in [3.63, 3.8) is 0 Å². The molecule has 0 saturated carbocycles. The van der Waals surface area contributed by atoms with E-state index >= 15 is 0 Å². The monoisotopic (exact) mass is 268 g/mol. The predicted octanol–water partition coefficient (Wildman–Crippen LogP) is 4.04. The highest BCUT2D eigenvalue weighted by atomic mass is 15.2. The Morgan fingerprint density at radius 3 is 2.26 bits per heavy atom.